The summed E-state index contributed by atoms with van der Waals surface area (Å²) >= 11 is 0. The molecule has 0 radical (unpaired) electrons. The second-order valence-corrected chi connectivity index (χ2v) is 13.8. The van der Waals surface area contributed by atoms with Crippen LogP contribution in [0.15, 0.2) is 17.1 Å². The van der Waals surface area contributed by atoms with Crippen LogP contribution in [0.2, 0.25) is 0 Å². The first-order chi connectivity index (χ1) is 19.1. The van der Waals surface area contributed by atoms with Gasteiger partial charge >= 0.3 is 21.2 Å². The Morgan fingerprint density at radius 2 is 1.85 bits per heavy atom. The van der Waals surface area contributed by atoms with E-state index in [2.05, 4.69) is 5.32 Å². The van der Waals surface area contributed by atoms with E-state index in [-0.39, 0.29) is 33.8 Å². The second kappa shape index (κ2) is 11.4. The Morgan fingerprint density at radius 3 is 2.39 bits per heavy atom. The molecule has 18 heteroatoms. The monoisotopic (exact) mass is 620 g/mol. The molecular formula is C23H31FN4O11P2. The smallest absolute Gasteiger partial charge is 0.360 e. The number of rotatable bonds is 9. The summed E-state index contributed by atoms with van der Waals surface area (Å²) in [6.07, 6.45) is 2.66. The van der Waals surface area contributed by atoms with Gasteiger partial charge in [0.2, 0.25) is 11.0 Å². The van der Waals surface area contributed by atoms with E-state index in [4.69, 9.17) is 9.47 Å². The lowest BCUT2D eigenvalue weighted by atomic mass is 10.1. The first-order valence-corrected chi connectivity index (χ1v) is 15.9. The Morgan fingerprint density at radius 1 is 1.22 bits per heavy atom. The minimum Gasteiger partial charge on any atom is -0.492 e. The first-order valence-electron chi connectivity index (χ1n) is 12.5. The van der Waals surface area contributed by atoms with Gasteiger partial charge < -0.3 is 48.7 Å². The van der Waals surface area contributed by atoms with Crippen LogP contribution in [0.1, 0.15) is 36.2 Å². The molecule has 1 aromatic carbocycles. The van der Waals surface area contributed by atoms with Crippen LogP contribution in [0.3, 0.4) is 0 Å². The maximum absolute atomic E-state index is 15.6. The Labute approximate surface area is 233 Å². The molecule has 1 amide bonds. The fourth-order valence-electron chi connectivity index (χ4n) is 4.94. The largest absolute Gasteiger partial charge is 0.492 e. The second-order valence-electron chi connectivity index (χ2n) is 10.1. The summed E-state index contributed by atoms with van der Waals surface area (Å²) in [7, 11) is -8.91. The van der Waals surface area contributed by atoms with Crippen LogP contribution in [0.5, 0.6) is 5.75 Å². The molecule has 1 atom stereocenters. The van der Waals surface area contributed by atoms with E-state index < -0.39 is 56.0 Å². The van der Waals surface area contributed by atoms with Crippen LogP contribution in [-0.2, 0) is 18.7 Å². The molecule has 2 aromatic rings. The van der Waals surface area contributed by atoms with Gasteiger partial charge in [0.25, 0.3) is 5.91 Å². The summed E-state index contributed by atoms with van der Waals surface area (Å²) in [5, 5.41) is 3.12. The number of amides is 1. The van der Waals surface area contributed by atoms with Crippen molar-refractivity contribution in [1.29, 1.82) is 0 Å². The summed E-state index contributed by atoms with van der Waals surface area (Å²) in [6, 6.07) is 0.979. The maximum atomic E-state index is 15.6. The number of halogens is 1. The average Bonchev–Trinajstić information content (AvgIpc) is 3.70. The van der Waals surface area contributed by atoms with Crippen LogP contribution in [0, 0.1) is 5.82 Å². The number of fused-ring (bicyclic) bond motifs is 1. The van der Waals surface area contributed by atoms with Gasteiger partial charge in [-0.2, -0.15) is 0 Å². The normalized spacial score (nSPS) is 18.1. The lowest BCUT2D eigenvalue weighted by Gasteiger charge is -2.35. The van der Waals surface area contributed by atoms with Gasteiger partial charge in [0, 0.05) is 45.0 Å². The van der Waals surface area contributed by atoms with E-state index in [9.17, 15) is 43.1 Å². The summed E-state index contributed by atoms with van der Waals surface area (Å²) < 4.78 is 50.9. The number of benzene rings is 1. The molecule has 1 saturated carbocycles. The Kier molecular flexibility index (Phi) is 8.68. The molecule has 5 N–H and O–H groups in total. The van der Waals surface area contributed by atoms with Crippen molar-refractivity contribution in [2.75, 3.05) is 45.3 Å². The number of carbonyl (C=O) groups excluding carboxylic acids is 2. The van der Waals surface area contributed by atoms with Crippen LogP contribution in [0.4, 0.5) is 10.1 Å². The molecule has 1 unspecified atom stereocenters. The topological polar surface area (TPSA) is 208 Å². The SMILES string of the molecule is COc1c(N2CCNC(C)C2)c(F)cc2c(=O)c(C(=O)OCC(=O)N(C)C(P(=O)(O)O)P(=O)(O)O)cn(C3CC3)c12. The fourth-order valence-corrected chi connectivity index (χ4v) is 7.66. The zero-order chi connectivity index (χ0) is 30.4. The highest BCUT2D eigenvalue weighted by Gasteiger charge is 2.48. The van der Waals surface area contributed by atoms with Gasteiger partial charge in [-0.1, -0.05) is 0 Å². The summed E-state index contributed by atoms with van der Waals surface area (Å²) in [4.78, 5) is 78.0. The Balaban J connectivity index is 1.70. The van der Waals surface area contributed by atoms with Crippen molar-refractivity contribution < 1.29 is 52.2 Å². The van der Waals surface area contributed by atoms with Gasteiger partial charge in [0.05, 0.1) is 18.0 Å². The third-order valence-corrected chi connectivity index (χ3v) is 10.6. The predicted octanol–water partition coefficient (Wildman–Crippen LogP) is 0.536. The Bertz CT molecular complexity index is 1510. The molecule has 1 aliphatic heterocycles. The van der Waals surface area contributed by atoms with Gasteiger partial charge in [-0.3, -0.25) is 18.7 Å². The van der Waals surface area contributed by atoms with Gasteiger partial charge in [0.1, 0.15) is 11.3 Å². The van der Waals surface area contributed by atoms with Crippen molar-refractivity contribution in [3.8, 4) is 5.75 Å². The van der Waals surface area contributed by atoms with Crippen molar-refractivity contribution >= 4 is 43.7 Å². The number of methoxy groups -OCH3 is 1. The summed E-state index contributed by atoms with van der Waals surface area (Å²) in [5.41, 5.74) is -3.75. The molecule has 1 aromatic heterocycles. The highest BCUT2D eigenvalue weighted by molar-refractivity contribution is 7.70. The average molecular weight is 620 g/mol. The molecule has 226 valence electrons. The number of aromatic nitrogens is 1. The number of likely N-dealkylation sites (N-methyl/N-ethyl adjacent to an activating group) is 1. The number of ether oxygens (including phenoxy) is 2. The number of piperazine rings is 1. The number of anilines is 1. The number of hydrogen-bond donors (Lipinski definition) is 5. The molecule has 2 heterocycles. The zero-order valence-corrected chi connectivity index (χ0v) is 24.2. The van der Waals surface area contributed by atoms with E-state index in [0.717, 1.165) is 13.1 Å². The zero-order valence-electron chi connectivity index (χ0n) is 22.4. The van der Waals surface area contributed by atoms with E-state index in [1.165, 1.54) is 13.3 Å². The minimum atomic E-state index is -5.50. The number of pyridine rings is 1. The van der Waals surface area contributed by atoms with E-state index in [0.29, 0.717) is 38.0 Å². The number of hydrogen-bond acceptors (Lipinski definition) is 9. The van der Waals surface area contributed by atoms with Crippen molar-refractivity contribution in [3.63, 3.8) is 0 Å². The minimum absolute atomic E-state index is 0.0757. The molecule has 0 bridgehead atoms. The van der Waals surface area contributed by atoms with Gasteiger partial charge in [-0.15, -0.1) is 0 Å². The lowest BCUT2D eigenvalue weighted by molar-refractivity contribution is -0.133. The lowest BCUT2D eigenvalue weighted by Crippen LogP contribution is -2.49. The van der Waals surface area contributed by atoms with Crippen LogP contribution < -0.4 is 20.4 Å². The van der Waals surface area contributed by atoms with E-state index in [1.54, 1.807) is 4.57 Å². The molecule has 2 aliphatic rings. The van der Waals surface area contributed by atoms with Crippen molar-refractivity contribution in [1.82, 2.24) is 14.8 Å². The molecule has 1 saturated heterocycles. The molecule has 15 nitrogen and oxygen atoms in total. The quantitative estimate of drug-likeness (QED) is 0.192. The van der Waals surface area contributed by atoms with Crippen molar-refractivity contribution in [3.05, 3.63) is 33.9 Å². The van der Waals surface area contributed by atoms with Crippen LogP contribution in [0.25, 0.3) is 10.9 Å². The van der Waals surface area contributed by atoms with Crippen molar-refractivity contribution in [2.24, 2.45) is 0 Å². The fraction of sp³-hybridized carbons (Fsp3) is 0.522. The highest BCUT2D eigenvalue weighted by atomic mass is 31.2. The molecule has 1 aliphatic carbocycles. The van der Waals surface area contributed by atoms with E-state index in [1.807, 2.05) is 11.8 Å². The number of esters is 1. The van der Waals surface area contributed by atoms with E-state index >= 15 is 4.39 Å². The summed E-state index contributed by atoms with van der Waals surface area (Å²) in [5.74, 6) is -3.24. The highest BCUT2D eigenvalue weighted by Crippen LogP contribution is 2.60. The molecular weight excluding hydrogens is 589 g/mol. The van der Waals surface area contributed by atoms with Crippen LogP contribution in [-0.4, -0.2) is 92.9 Å². The van der Waals surface area contributed by atoms with Gasteiger partial charge in [0.15, 0.2) is 18.2 Å². The molecule has 41 heavy (non-hydrogen) atoms. The number of nitrogens with one attached hydrogen (secondary N) is 1. The van der Waals surface area contributed by atoms with Gasteiger partial charge in [-0.25, -0.2) is 9.18 Å². The molecule has 0 spiro atoms. The third kappa shape index (κ3) is 6.33. The molecule has 4 rings (SSSR count). The summed E-state index contributed by atoms with van der Waals surface area (Å²) in [6.45, 7) is 2.36. The number of nitrogens with zero attached hydrogens (tertiary/aromatic N) is 3. The number of carbonyl (C=O) groups is 2. The molecule has 2 fully saturated rings. The van der Waals surface area contributed by atoms with Crippen molar-refractivity contribution in [2.45, 2.75) is 37.4 Å². The predicted molar refractivity (Wildman–Crippen MR) is 144 cm³/mol. The third-order valence-electron chi connectivity index (χ3n) is 6.92. The van der Waals surface area contributed by atoms with Crippen LogP contribution >= 0.6 is 15.2 Å². The maximum Gasteiger partial charge on any atom is 0.360 e. The van der Waals surface area contributed by atoms with Gasteiger partial charge in [-0.05, 0) is 25.8 Å². The Hall–Kier alpha value is -2.84. The first kappa shape index (κ1) is 31.1. The standard InChI is InChI=1S/C23H31FN4O11P2/c1-12-9-27(7-6-25-12)19-16(24)8-14-18(21(19)38-3)28(13-4-5-13)10-15(20(14)30)22(31)39-11-17(29)26(2)23(40(32,33)34)41(35,36)37/h8,10,12-13,23,25H,4-7,9,11H2,1-3H3,(H2,32,33,34)(H2,35,36,37).